The Bertz CT molecular complexity index is 487. The van der Waals surface area contributed by atoms with E-state index in [1.54, 1.807) is 24.4 Å². The van der Waals surface area contributed by atoms with Gasteiger partial charge in [-0.1, -0.05) is 13.0 Å². The summed E-state index contributed by atoms with van der Waals surface area (Å²) in [5, 5.41) is 10.8. The van der Waals surface area contributed by atoms with Crippen LogP contribution in [0.3, 0.4) is 0 Å². The third-order valence-electron chi connectivity index (χ3n) is 2.98. The van der Waals surface area contributed by atoms with Gasteiger partial charge in [-0.15, -0.1) is 11.3 Å². The monoisotopic (exact) mass is 298 g/mol. The number of hydrogen-bond acceptors (Lipinski definition) is 4. The van der Waals surface area contributed by atoms with E-state index in [2.05, 4.69) is 0 Å². The first-order chi connectivity index (χ1) is 9.38. The van der Waals surface area contributed by atoms with Crippen LogP contribution in [0.2, 0.25) is 0 Å². The number of carbonyl (C=O) groups is 3. The van der Waals surface area contributed by atoms with Crippen molar-refractivity contribution < 1.29 is 19.5 Å². The summed E-state index contributed by atoms with van der Waals surface area (Å²) in [5.41, 5.74) is 0. The van der Waals surface area contributed by atoms with Crippen molar-refractivity contribution in [2.45, 2.75) is 19.4 Å². The lowest BCUT2D eigenvalue weighted by Crippen LogP contribution is -2.46. The average molecular weight is 298 g/mol. The predicted octanol–water partition coefficient (Wildman–Crippen LogP) is 1.14. The fraction of sp³-hybridized carbons (Fsp3) is 0.462. The molecule has 0 aromatic carbocycles. The summed E-state index contributed by atoms with van der Waals surface area (Å²) in [7, 11) is 2.96. The number of rotatable bonds is 6. The Labute approximate surface area is 121 Å². The van der Waals surface area contributed by atoms with Crippen LogP contribution >= 0.6 is 11.3 Å². The maximum atomic E-state index is 12.0. The van der Waals surface area contributed by atoms with E-state index in [9.17, 15) is 14.4 Å². The quantitative estimate of drug-likeness (QED) is 0.854. The van der Waals surface area contributed by atoms with E-state index in [1.807, 2.05) is 0 Å². The van der Waals surface area contributed by atoms with E-state index in [1.165, 1.54) is 35.2 Å². The molecular formula is C13H18N2O4S. The van der Waals surface area contributed by atoms with Gasteiger partial charge in [0.15, 0.2) is 0 Å². The van der Waals surface area contributed by atoms with Crippen molar-refractivity contribution in [1.29, 1.82) is 0 Å². The number of carbonyl (C=O) groups excluding carboxylic acids is 2. The van der Waals surface area contributed by atoms with E-state index in [-0.39, 0.29) is 12.5 Å². The highest BCUT2D eigenvalue weighted by Crippen LogP contribution is 2.11. The van der Waals surface area contributed by atoms with Crippen molar-refractivity contribution >= 4 is 29.1 Å². The minimum atomic E-state index is -1.05. The lowest BCUT2D eigenvalue weighted by atomic mass is 10.2. The third kappa shape index (κ3) is 3.80. The van der Waals surface area contributed by atoms with Crippen molar-refractivity contribution in [3.05, 3.63) is 22.4 Å². The summed E-state index contributed by atoms with van der Waals surface area (Å²) in [6.45, 7) is 1.56. The maximum absolute atomic E-state index is 12.0. The molecule has 1 N–H and O–H groups in total. The van der Waals surface area contributed by atoms with Gasteiger partial charge in [0.2, 0.25) is 5.91 Å². The highest BCUT2D eigenvalue weighted by atomic mass is 32.1. The zero-order valence-corrected chi connectivity index (χ0v) is 12.5. The molecule has 0 saturated carbocycles. The summed E-state index contributed by atoms with van der Waals surface area (Å²) in [6.07, 6.45) is 0.320. The molecule has 1 rings (SSSR count). The van der Waals surface area contributed by atoms with Gasteiger partial charge >= 0.3 is 5.97 Å². The van der Waals surface area contributed by atoms with Crippen LogP contribution in [0.25, 0.3) is 0 Å². The molecule has 0 fully saturated rings. The van der Waals surface area contributed by atoms with Gasteiger partial charge in [-0.2, -0.15) is 0 Å². The van der Waals surface area contributed by atoms with Crippen LogP contribution in [-0.4, -0.2) is 59.4 Å². The van der Waals surface area contributed by atoms with Crippen LogP contribution in [0.1, 0.15) is 23.0 Å². The first-order valence-electron chi connectivity index (χ1n) is 6.15. The van der Waals surface area contributed by atoms with Crippen LogP contribution in [0.15, 0.2) is 17.5 Å². The number of carboxylic acid groups (broad SMARTS) is 1. The number of likely N-dealkylation sites (N-methyl/N-ethyl adjacent to an activating group) is 2. The van der Waals surface area contributed by atoms with Crippen molar-refractivity contribution in [2.75, 3.05) is 20.6 Å². The summed E-state index contributed by atoms with van der Waals surface area (Å²) in [5.74, 6) is -1.69. The fourth-order valence-corrected chi connectivity index (χ4v) is 2.48. The number of thiophene rings is 1. The second-order valence-electron chi connectivity index (χ2n) is 4.41. The summed E-state index contributed by atoms with van der Waals surface area (Å²) < 4.78 is 0. The lowest BCUT2D eigenvalue weighted by Gasteiger charge is -2.26. The van der Waals surface area contributed by atoms with E-state index < -0.39 is 17.9 Å². The minimum absolute atomic E-state index is 0.142. The Hall–Kier alpha value is -1.89. The average Bonchev–Trinajstić information content (AvgIpc) is 2.91. The van der Waals surface area contributed by atoms with Gasteiger partial charge in [0.25, 0.3) is 5.91 Å². The van der Waals surface area contributed by atoms with Crippen molar-refractivity contribution in [1.82, 2.24) is 9.80 Å². The van der Waals surface area contributed by atoms with Gasteiger partial charge < -0.3 is 14.9 Å². The molecule has 2 amide bonds. The smallest absolute Gasteiger partial charge is 0.326 e. The molecular weight excluding hydrogens is 280 g/mol. The molecule has 1 unspecified atom stereocenters. The van der Waals surface area contributed by atoms with Gasteiger partial charge in [0.05, 0.1) is 11.4 Å². The molecule has 0 aliphatic carbocycles. The summed E-state index contributed by atoms with van der Waals surface area (Å²) >= 11 is 1.30. The maximum Gasteiger partial charge on any atom is 0.326 e. The van der Waals surface area contributed by atoms with Crippen LogP contribution in [-0.2, 0) is 9.59 Å². The Balaban J connectivity index is 2.65. The number of hydrogen-bond donors (Lipinski definition) is 1. The lowest BCUT2D eigenvalue weighted by molar-refractivity contribution is -0.149. The molecule has 1 aromatic rings. The molecule has 6 nitrogen and oxygen atoms in total. The van der Waals surface area contributed by atoms with E-state index in [4.69, 9.17) is 5.11 Å². The molecule has 20 heavy (non-hydrogen) atoms. The second kappa shape index (κ2) is 7.04. The first kappa shape index (κ1) is 16.2. The SMILES string of the molecule is CCC(C(=O)O)N(C)C(=O)CN(C)C(=O)c1cccs1. The van der Waals surface area contributed by atoms with Gasteiger partial charge in [-0.25, -0.2) is 4.79 Å². The van der Waals surface area contributed by atoms with Crippen LogP contribution in [0.5, 0.6) is 0 Å². The van der Waals surface area contributed by atoms with Crippen molar-refractivity contribution in [2.24, 2.45) is 0 Å². The van der Waals surface area contributed by atoms with Gasteiger partial charge in [-0.3, -0.25) is 9.59 Å². The van der Waals surface area contributed by atoms with Gasteiger partial charge in [0, 0.05) is 14.1 Å². The molecule has 0 aliphatic rings. The van der Waals surface area contributed by atoms with Crippen molar-refractivity contribution in [3.63, 3.8) is 0 Å². The standard InChI is InChI=1S/C13H18N2O4S/c1-4-9(13(18)19)15(3)11(16)8-14(2)12(17)10-6-5-7-20-10/h5-7,9H,4,8H2,1-3H3,(H,18,19). The zero-order valence-electron chi connectivity index (χ0n) is 11.7. The highest BCUT2D eigenvalue weighted by molar-refractivity contribution is 7.12. The topological polar surface area (TPSA) is 77.9 Å². The molecule has 0 saturated heterocycles. The third-order valence-corrected chi connectivity index (χ3v) is 3.84. The first-order valence-corrected chi connectivity index (χ1v) is 7.03. The predicted molar refractivity (Wildman–Crippen MR) is 75.8 cm³/mol. The summed E-state index contributed by atoms with van der Waals surface area (Å²) in [4.78, 5) is 38.0. The van der Waals surface area contributed by atoms with E-state index in [0.717, 1.165) is 0 Å². The largest absolute Gasteiger partial charge is 0.480 e. The number of amides is 2. The molecule has 0 radical (unpaired) electrons. The number of carboxylic acids is 1. The zero-order chi connectivity index (χ0) is 15.3. The number of aliphatic carboxylic acids is 1. The van der Waals surface area contributed by atoms with Crippen LogP contribution < -0.4 is 0 Å². The normalized spacial score (nSPS) is 11.8. The van der Waals surface area contributed by atoms with Crippen molar-refractivity contribution in [3.8, 4) is 0 Å². The Morgan fingerprint density at radius 3 is 2.45 bits per heavy atom. The second-order valence-corrected chi connectivity index (χ2v) is 5.35. The molecule has 110 valence electrons. The minimum Gasteiger partial charge on any atom is -0.480 e. The Morgan fingerprint density at radius 2 is 2.00 bits per heavy atom. The molecule has 1 heterocycles. The van der Waals surface area contributed by atoms with Crippen LogP contribution in [0.4, 0.5) is 0 Å². The van der Waals surface area contributed by atoms with Gasteiger partial charge in [-0.05, 0) is 17.9 Å². The molecule has 0 aliphatic heterocycles. The highest BCUT2D eigenvalue weighted by Gasteiger charge is 2.26. The molecule has 1 aromatic heterocycles. The Kier molecular flexibility index (Phi) is 5.69. The molecule has 0 bridgehead atoms. The Morgan fingerprint density at radius 1 is 1.35 bits per heavy atom. The molecule has 1 atom stereocenters. The van der Waals surface area contributed by atoms with Crippen LogP contribution in [0, 0.1) is 0 Å². The number of nitrogens with zero attached hydrogens (tertiary/aromatic N) is 2. The van der Waals surface area contributed by atoms with E-state index in [0.29, 0.717) is 11.3 Å². The molecule has 7 heteroatoms. The summed E-state index contributed by atoms with van der Waals surface area (Å²) in [6, 6.07) is 2.58. The van der Waals surface area contributed by atoms with Gasteiger partial charge in [0.1, 0.15) is 6.04 Å². The fourth-order valence-electron chi connectivity index (χ4n) is 1.76. The van der Waals surface area contributed by atoms with E-state index >= 15 is 0 Å². The molecule has 0 spiro atoms.